The van der Waals surface area contributed by atoms with Crippen molar-refractivity contribution in [3.63, 3.8) is 0 Å². The Morgan fingerprint density at radius 1 is 1.25 bits per heavy atom. The molecule has 2 rings (SSSR count). The zero-order chi connectivity index (χ0) is 11.5. The van der Waals surface area contributed by atoms with Gasteiger partial charge < -0.3 is 0 Å². The minimum atomic E-state index is -0.432. The standard InChI is InChI=1S/C11H11BrF2S2/c12-7-5-8(13)10(9(14)6-7)11-15-3-1-2-4-16-11/h5-6,11H,1-4H2/p+1. The topological polar surface area (TPSA) is 0 Å². The Morgan fingerprint density at radius 2 is 1.94 bits per heavy atom. The Labute approximate surface area is 111 Å². The minimum absolute atomic E-state index is 0.0457. The summed E-state index contributed by atoms with van der Waals surface area (Å²) in [5.74, 6) is 1.16. The lowest BCUT2D eigenvalue weighted by atomic mass is 10.2. The molecule has 16 heavy (non-hydrogen) atoms. The molecule has 0 aliphatic carbocycles. The Morgan fingerprint density at radius 3 is 2.62 bits per heavy atom. The van der Waals surface area contributed by atoms with Crippen LogP contribution in [-0.2, 0) is 11.8 Å². The van der Waals surface area contributed by atoms with E-state index in [0.717, 1.165) is 36.1 Å². The van der Waals surface area contributed by atoms with Crippen molar-refractivity contribution in [1.29, 1.82) is 0 Å². The molecule has 1 aliphatic rings. The van der Waals surface area contributed by atoms with Crippen molar-refractivity contribution < 1.29 is 8.78 Å². The SMILES string of the molecule is Fc1cc(Br)cc(F)c1C1SCCCC[SH+]1. The van der Waals surface area contributed by atoms with E-state index in [1.165, 1.54) is 12.1 Å². The second-order valence-electron chi connectivity index (χ2n) is 3.62. The first kappa shape index (κ1) is 12.7. The molecular weight excluding hydrogens is 314 g/mol. The molecule has 1 heterocycles. The van der Waals surface area contributed by atoms with Gasteiger partial charge in [-0.15, -0.1) is 11.8 Å². The number of halogens is 3. The van der Waals surface area contributed by atoms with Gasteiger partial charge in [0.15, 0.2) is 4.58 Å². The van der Waals surface area contributed by atoms with Gasteiger partial charge in [0.25, 0.3) is 0 Å². The van der Waals surface area contributed by atoms with Crippen molar-refractivity contribution in [3.05, 3.63) is 33.8 Å². The molecule has 0 aromatic heterocycles. The molecule has 5 heteroatoms. The fourth-order valence-electron chi connectivity index (χ4n) is 1.63. The van der Waals surface area contributed by atoms with Crippen LogP contribution in [0.4, 0.5) is 8.78 Å². The Balaban J connectivity index is 2.31. The van der Waals surface area contributed by atoms with Gasteiger partial charge in [-0.3, -0.25) is 0 Å². The molecule has 0 nitrogen and oxygen atoms in total. The third kappa shape index (κ3) is 2.93. The lowest BCUT2D eigenvalue weighted by molar-refractivity contribution is 0.564. The summed E-state index contributed by atoms with van der Waals surface area (Å²) in [5, 5.41) is 0. The van der Waals surface area contributed by atoms with Gasteiger partial charge in [0.1, 0.15) is 17.4 Å². The smallest absolute Gasteiger partial charge is 0.192 e. The number of thiol groups is 1. The maximum atomic E-state index is 13.7. The lowest BCUT2D eigenvalue weighted by Crippen LogP contribution is -2.04. The van der Waals surface area contributed by atoms with Gasteiger partial charge in [-0.2, -0.15) is 0 Å². The zero-order valence-corrected chi connectivity index (χ0v) is 11.8. The van der Waals surface area contributed by atoms with Crippen LogP contribution in [0.3, 0.4) is 0 Å². The molecule has 1 aliphatic heterocycles. The van der Waals surface area contributed by atoms with Crippen LogP contribution in [0.15, 0.2) is 16.6 Å². The highest BCUT2D eigenvalue weighted by molar-refractivity contribution is 9.10. The normalized spacial score (nSPS) is 21.8. The largest absolute Gasteiger partial charge is 0.206 e. The number of thioether (sulfide) groups is 1. The maximum absolute atomic E-state index is 13.7. The van der Waals surface area contributed by atoms with Gasteiger partial charge in [-0.1, -0.05) is 15.9 Å². The highest BCUT2D eigenvalue weighted by atomic mass is 79.9. The van der Waals surface area contributed by atoms with Crippen LogP contribution in [0.5, 0.6) is 0 Å². The molecule has 1 saturated heterocycles. The highest BCUT2D eigenvalue weighted by Gasteiger charge is 2.28. The molecule has 0 bridgehead atoms. The van der Waals surface area contributed by atoms with E-state index in [1.807, 2.05) is 0 Å². The summed E-state index contributed by atoms with van der Waals surface area (Å²) in [6, 6.07) is 2.69. The molecule has 1 fully saturated rings. The molecule has 0 saturated carbocycles. The first-order valence-corrected chi connectivity index (χ1v) is 8.10. The van der Waals surface area contributed by atoms with E-state index in [2.05, 4.69) is 15.9 Å². The monoisotopic (exact) mass is 325 g/mol. The molecule has 0 N–H and O–H groups in total. The maximum Gasteiger partial charge on any atom is 0.192 e. The van der Waals surface area contributed by atoms with Gasteiger partial charge in [-0.05, 0) is 42.5 Å². The van der Waals surface area contributed by atoms with Crippen LogP contribution in [0, 0.1) is 11.6 Å². The van der Waals surface area contributed by atoms with Crippen molar-refractivity contribution in [1.82, 2.24) is 0 Å². The number of rotatable bonds is 1. The van der Waals surface area contributed by atoms with Crippen molar-refractivity contribution in [2.45, 2.75) is 17.4 Å². The second kappa shape index (κ2) is 5.74. The van der Waals surface area contributed by atoms with E-state index in [0.29, 0.717) is 4.47 Å². The average Bonchev–Trinajstić information content (AvgIpc) is 2.44. The quantitative estimate of drug-likeness (QED) is 0.554. The highest BCUT2D eigenvalue weighted by Crippen LogP contribution is 2.37. The molecule has 0 amide bonds. The summed E-state index contributed by atoms with van der Waals surface area (Å²) >= 11 is 5.89. The summed E-state index contributed by atoms with van der Waals surface area (Å²) in [4.78, 5) is 0. The summed E-state index contributed by atoms with van der Waals surface area (Å²) in [5.41, 5.74) is 0.247. The number of hydrogen-bond donors (Lipinski definition) is 0. The average molecular weight is 326 g/mol. The van der Waals surface area contributed by atoms with Crippen molar-refractivity contribution in [2.75, 3.05) is 11.5 Å². The molecule has 88 valence electrons. The van der Waals surface area contributed by atoms with E-state index in [4.69, 9.17) is 0 Å². The molecule has 1 aromatic carbocycles. The van der Waals surface area contributed by atoms with Crippen LogP contribution in [-0.4, -0.2) is 11.5 Å². The predicted octanol–water partition coefficient (Wildman–Crippen LogP) is 4.07. The van der Waals surface area contributed by atoms with Crippen LogP contribution in [0.2, 0.25) is 0 Å². The Kier molecular flexibility index (Phi) is 4.56. The lowest BCUT2D eigenvalue weighted by Gasteiger charge is -2.10. The van der Waals surface area contributed by atoms with Gasteiger partial charge in [-0.25, -0.2) is 8.78 Å². The van der Waals surface area contributed by atoms with Crippen molar-refractivity contribution in [3.8, 4) is 0 Å². The summed E-state index contributed by atoms with van der Waals surface area (Å²) < 4.78 is 27.9. The van der Waals surface area contributed by atoms with Gasteiger partial charge in [0.2, 0.25) is 0 Å². The fourth-order valence-corrected chi connectivity index (χ4v) is 5.15. The van der Waals surface area contributed by atoms with E-state index in [-0.39, 0.29) is 10.1 Å². The van der Waals surface area contributed by atoms with E-state index < -0.39 is 11.6 Å². The van der Waals surface area contributed by atoms with E-state index >= 15 is 0 Å². The minimum Gasteiger partial charge on any atom is -0.206 e. The summed E-state index contributed by atoms with van der Waals surface area (Å²) in [7, 11) is 0. The van der Waals surface area contributed by atoms with Gasteiger partial charge in [0.05, 0.1) is 5.56 Å². The van der Waals surface area contributed by atoms with Crippen LogP contribution >= 0.6 is 27.7 Å². The fraction of sp³-hybridized carbons (Fsp3) is 0.455. The molecule has 0 spiro atoms. The summed E-state index contributed by atoms with van der Waals surface area (Å²) in [6.45, 7) is 0. The third-order valence-corrected chi connectivity index (χ3v) is 6.01. The van der Waals surface area contributed by atoms with Crippen molar-refractivity contribution in [2.24, 2.45) is 0 Å². The van der Waals surface area contributed by atoms with Crippen LogP contribution in [0.1, 0.15) is 23.0 Å². The predicted molar refractivity (Wildman–Crippen MR) is 72.1 cm³/mol. The Bertz CT molecular complexity index is 353. The number of benzene rings is 1. The molecule has 1 aromatic rings. The first-order valence-electron chi connectivity index (χ1n) is 5.11. The molecule has 1 atom stereocenters. The molecule has 1 unspecified atom stereocenters. The van der Waals surface area contributed by atoms with Gasteiger partial charge in [0, 0.05) is 4.47 Å². The van der Waals surface area contributed by atoms with E-state index in [9.17, 15) is 8.78 Å². The van der Waals surface area contributed by atoms with Gasteiger partial charge >= 0.3 is 0 Å². The third-order valence-electron chi connectivity index (χ3n) is 2.41. The summed E-state index contributed by atoms with van der Waals surface area (Å²) in [6.07, 6.45) is 2.30. The van der Waals surface area contributed by atoms with Crippen molar-refractivity contribution >= 4 is 39.5 Å². The molecular formula is C11H12BrF2S2+. The Hall–Kier alpha value is 0.260. The van der Waals surface area contributed by atoms with Crippen LogP contribution in [0.25, 0.3) is 0 Å². The zero-order valence-electron chi connectivity index (χ0n) is 8.55. The molecule has 0 radical (unpaired) electrons. The van der Waals surface area contributed by atoms with Crippen LogP contribution < -0.4 is 0 Å². The second-order valence-corrected chi connectivity index (χ2v) is 7.43. The van der Waals surface area contributed by atoms with E-state index in [1.54, 1.807) is 11.8 Å². The number of hydrogen-bond acceptors (Lipinski definition) is 1. The first-order chi connectivity index (χ1) is 7.68.